The third-order valence-corrected chi connectivity index (χ3v) is 7.49. The summed E-state index contributed by atoms with van der Waals surface area (Å²) in [5.74, 6) is -0.521. The number of carbonyl (C=O) groups excluding carboxylic acids is 2. The summed E-state index contributed by atoms with van der Waals surface area (Å²) in [7, 11) is 0. The zero-order chi connectivity index (χ0) is 20.5. The van der Waals surface area contributed by atoms with Crippen molar-refractivity contribution in [1.29, 1.82) is 0 Å². The molecule has 2 atom stereocenters. The van der Waals surface area contributed by atoms with Gasteiger partial charge in [0.1, 0.15) is 35.8 Å². The van der Waals surface area contributed by atoms with E-state index >= 15 is 0 Å². The molecular weight excluding hydrogens is 440 g/mol. The largest absolute Gasteiger partial charge is 0.477 e. The topological polar surface area (TPSA) is 156 Å². The predicted octanol–water partition coefficient (Wildman–Crippen LogP) is -0.636. The SMILES string of the molecule is Cc1nsc(SCC2=C(C(=O)O)N3C(=O)[C@H](NC(=O)Cn4cnnn4)[C@H]3SC2)n1. The molecule has 0 aliphatic carbocycles. The molecule has 2 aromatic rings. The van der Waals surface area contributed by atoms with Crippen molar-refractivity contribution < 1.29 is 19.5 Å². The Labute approximate surface area is 176 Å². The van der Waals surface area contributed by atoms with Gasteiger partial charge < -0.3 is 10.4 Å². The van der Waals surface area contributed by atoms with Gasteiger partial charge in [-0.05, 0) is 34.5 Å². The summed E-state index contributed by atoms with van der Waals surface area (Å²) >= 11 is 4.07. The van der Waals surface area contributed by atoms with Crippen LogP contribution in [-0.4, -0.2) is 80.3 Å². The van der Waals surface area contributed by atoms with Gasteiger partial charge in [-0.25, -0.2) is 14.5 Å². The van der Waals surface area contributed by atoms with Gasteiger partial charge in [0.2, 0.25) is 5.91 Å². The van der Waals surface area contributed by atoms with Crippen LogP contribution in [0.5, 0.6) is 0 Å². The molecule has 2 aliphatic heterocycles. The van der Waals surface area contributed by atoms with Gasteiger partial charge >= 0.3 is 5.97 Å². The number of amides is 2. The first kappa shape index (κ1) is 19.8. The quantitative estimate of drug-likeness (QED) is 0.405. The molecule has 4 rings (SSSR count). The molecule has 0 radical (unpaired) electrons. The van der Waals surface area contributed by atoms with Crippen molar-refractivity contribution in [3.63, 3.8) is 0 Å². The summed E-state index contributed by atoms with van der Waals surface area (Å²) in [4.78, 5) is 42.1. The molecule has 2 amide bonds. The second-order valence-electron chi connectivity index (χ2n) is 6.12. The number of tetrazole rings is 1. The molecule has 1 fully saturated rings. The van der Waals surface area contributed by atoms with Crippen molar-refractivity contribution in [2.75, 3.05) is 11.5 Å². The van der Waals surface area contributed by atoms with Crippen molar-refractivity contribution in [2.24, 2.45) is 0 Å². The van der Waals surface area contributed by atoms with E-state index in [-0.39, 0.29) is 12.2 Å². The molecule has 2 N–H and O–H groups in total. The number of aliphatic carboxylic acids is 1. The number of β-lactam (4-membered cyclic amide) rings is 1. The van der Waals surface area contributed by atoms with Gasteiger partial charge in [0.25, 0.3) is 5.91 Å². The Balaban J connectivity index is 1.44. The fourth-order valence-corrected chi connectivity index (χ4v) is 6.03. The Morgan fingerprint density at radius 1 is 1.45 bits per heavy atom. The average Bonchev–Trinajstić information content (AvgIpc) is 3.35. The smallest absolute Gasteiger partial charge is 0.352 e. The standard InChI is InChI=1S/C14H14N8O4S3/c1-6-16-14(29-18-6)28-4-7-3-27-12-9(11(24)22(12)10(7)13(25)26)17-8(23)2-21-5-15-19-20-21/h5,9,12H,2-4H2,1H3,(H,17,23)(H,25,26)/t9-,12+/m0/s1. The minimum absolute atomic E-state index is 0.0153. The van der Waals surface area contributed by atoms with E-state index in [1.807, 2.05) is 0 Å². The second kappa shape index (κ2) is 8.08. The second-order valence-corrected chi connectivity index (χ2v) is 9.20. The molecule has 4 heterocycles. The molecule has 15 heteroatoms. The Morgan fingerprint density at radius 3 is 2.93 bits per heavy atom. The van der Waals surface area contributed by atoms with E-state index < -0.39 is 29.2 Å². The number of aromatic nitrogens is 6. The van der Waals surface area contributed by atoms with Gasteiger partial charge in [0.15, 0.2) is 4.34 Å². The molecule has 29 heavy (non-hydrogen) atoms. The normalized spacial score (nSPS) is 21.0. The van der Waals surface area contributed by atoms with Crippen LogP contribution in [-0.2, 0) is 20.9 Å². The Morgan fingerprint density at radius 2 is 2.28 bits per heavy atom. The molecule has 2 aromatic heterocycles. The number of aryl methyl sites for hydroxylation is 1. The zero-order valence-corrected chi connectivity index (χ0v) is 17.3. The number of carbonyl (C=O) groups is 3. The maximum Gasteiger partial charge on any atom is 0.352 e. The van der Waals surface area contributed by atoms with Gasteiger partial charge in [-0.15, -0.1) is 16.9 Å². The van der Waals surface area contributed by atoms with Crippen LogP contribution in [0.25, 0.3) is 0 Å². The van der Waals surface area contributed by atoms with Gasteiger partial charge in [-0.1, -0.05) is 11.8 Å². The van der Waals surface area contributed by atoms with Crippen LogP contribution in [0.2, 0.25) is 0 Å². The Bertz CT molecular complexity index is 991. The van der Waals surface area contributed by atoms with Crippen molar-refractivity contribution in [1.82, 2.24) is 39.8 Å². The number of fused-ring (bicyclic) bond motifs is 1. The van der Waals surface area contributed by atoms with E-state index in [0.29, 0.717) is 22.9 Å². The highest BCUT2D eigenvalue weighted by Gasteiger charge is 2.54. The first-order valence-electron chi connectivity index (χ1n) is 8.27. The lowest BCUT2D eigenvalue weighted by atomic mass is 10.0. The number of hydrogen-bond acceptors (Lipinski definition) is 11. The minimum Gasteiger partial charge on any atom is -0.477 e. The summed E-state index contributed by atoms with van der Waals surface area (Å²) < 4.78 is 6.08. The van der Waals surface area contributed by atoms with Crippen LogP contribution in [0.4, 0.5) is 0 Å². The zero-order valence-electron chi connectivity index (χ0n) is 14.9. The number of nitrogens with one attached hydrogen (secondary N) is 1. The fraction of sp³-hybridized carbons (Fsp3) is 0.429. The van der Waals surface area contributed by atoms with Crippen LogP contribution in [0.1, 0.15) is 5.82 Å². The molecule has 152 valence electrons. The highest BCUT2D eigenvalue weighted by Crippen LogP contribution is 2.41. The highest BCUT2D eigenvalue weighted by molar-refractivity contribution is 8.01. The van der Waals surface area contributed by atoms with Crippen LogP contribution >= 0.6 is 35.1 Å². The molecule has 0 unspecified atom stereocenters. The lowest BCUT2D eigenvalue weighted by Crippen LogP contribution is -2.70. The molecule has 12 nitrogen and oxygen atoms in total. The minimum atomic E-state index is -1.16. The Kier molecular flexibility index (Phi) is 5.51. The molecule has 0 spiro atoms. The number of thioether (sulfide) groups is 2. The first-order chi connectivity index (χ1) is 13.9. The predicted molar refractivity (Wildman–Crippen MR) is 103 cm³/mol. The maximum atomic E-state index is 12.6. The van der Waals surface area contributed by atoms with E-state index in [1.165, 1.54) is 51.0 Å². The molecule has 0 bridgehead atoms. The van der Waals surface area contributed by atoms with Gasteiger partial charge in [-0.3, -0.25) is 14.5 Å². The molecule has 2 aliphatic rings. The van der Waals surface area contributed by atoms with Crippen LogP contribution in [0, 0.1) is 6.92 Å². The van der Waals surface area contributed by atoms with Crippen LogP contribution in [0.3, 0.4) is 0 Å². The number of nitrogens with zero attached hydrogens (tertiary/aromatic N) is 7. The summed E-state index contributed by atoms with van der Waals surface area (Å²) in [6, 6.07) is -0.779. The number of hydrogen-bond donors (Lipinski definition) is 2. The molecular formula is C14H14N8O4S3. The summed E-state index contributed by atoms with van der Waals surface area (Å²) in [5.41, 5.74) is 0.627. The fourth-order valence-electron chi connectivity index (χ4n) is 2.90. The third-order valence-electron chi connectivity index (χ3n) is 4.14. The van der Waals surface area contributed by atoms with E-state index in [1.54, 1.807) is 6.92 Å². The molecule has 0 saturated carbocycles. The van der Waals surface area contributed by atoms with Crippen LogP contribution in [0.15, 0.2) is 21.9 Å². The highest BCUT2D eigenvalue weighted by atomic mass is 32.2. The summed E-state index contributed by atoms with van der Waals surface area (Å²) in [6.45, 7) is 1.66. The number of carboxylic acids is 1. The molecule has 0 aromatic carbocycles. The van der Waals surface area contributed by atoms with E-state index in [0.717, 1.165) is 4.34 Å². The molecule has 1 saturated heterocycles. The van der Waals surface area contributed by atoms with Crippen molar-refractivity contribution >= 4 is 52.8 Å². The van der Waals surface area contributed by atoms with Crippen molar-refractivity contribution in [2.45, 2.75) is 29.2 Å². The van der Waals surface area contributed by atoms with E-state index in [2.05, 4.69) is 30.2 Å². The lowest BCUT2D eigenvalue weighted by molar-refractivity contribution is -0.150. The average molecular weight is 455 g/mol. The first-order valence-corrected chi connectivity index (χ1v) is 11.1. The third kappa shape index (κ3) is 3.97. The summed E-state index contributed by atoms with van der Waals surface area (Å²) in [5, 5.41) is 22.3. The van der Waals surface area contributed by atoms with Crippen molar-refractivity contribution in [3.05, 3.63) is 23.4 Å². The van der Waals surface area contributed by atoms with Gasteiger partial charge in [-0.2, -0.15) is 4.37 Å². The van der Waals surface area contributed by atoms with Crippen LogP contribution < -0.4 is 5.32 Å². The lowest BCUT2D eigenvalue weighted by Gasteiger charge is -2.49. The van der Waals surface area contributed by atoms with Gasteiger partial charge in [0, 0.05) is 11.5 Å². The summed E-state index contributed by atoms with van der Waals surface area (Å²) in [6.07, 6.45) is 1.29. The van der Waals surface area contributed by atoms with E-state index in [9.17, 15) is 19.5 Å². The number of carboxylic acid groups (broad SMARTS) is 1. The Hall–Kier alpha value is -2.52. The van der Waals surface area contributed by atoms with E-state index in [4.69, 9.17) is 0 Å². The number of rotatable bonds is 7. The van der Waals surface area contributed by atoms with Gasteiger partial charge in [0.05, 0.1) is 0 Å². The maximum absolute atomic E-state index is 12.6. The monoisotopic (exact) mass is 454 g/mol. The van der Waals surface area contributed by atoms with Crippen molar-refractivity contribution in [3.8, 4) is 0 Å².